The normalized spacial score (nSPS) is 13.2. The number of ether oxygens (including phenoxy) is 1. The zero-order chi connectivity index (χ0) is 20.3. The van der Waals surface area contributed by atoms with Crippen LogP contribution in [0.4, 0.5) is 4.79 Å². The van der Waals surface area contributed by atoms with Crippen molar-refractivity contribution in [2.45, 2.75) is 72.1 Å². The Balaban J connectivity index is 2.67. The van der Waals surface area contributed by atoms with Crippen LogP contribution >= 0.6 is 0 Å². The molecule has 0 aliphatic heterocycles. The summed E-state index contributed by atoms with van der Waals surface area (Å²) in [5.74, 6) is 0.758. The summed E-state index contributed by atoms with van der Waals surface area (Å²) < 4.78 is 7.34. The predicted molar refractivity (Wildman–Crippen MR) is 111 cm³/mol. The number of hydrogen-bond donors (Lipinski definition) is 3. The second-order valence-corrected chi connectivity index (χ2v) is 7.75. The zero-order valence-electron chi connectivity index (χ0n) is 17.8. The molecule has 0 bridgehead atoms. The summed E-state index contributed by atoms with van der Waals surface area (Å²) in [5.41, 5.74) is 0.661. The molecule has 1 aromatic rings. The summed E-state index contributed by atoms with van der Waals surface area (Å²) in [6, 6.07) is 2.15. The van der Waals surface area contributed by atoms with Gasteiger partial charge >= 0.3 is 6.09 Å². The molecule has 0 aliphatic rings. The van der Waals surface area contributed by atoms with Crippen molar-refractivity contribution >= 4 is 12.1 Å². The summed E-state index contributed by atoms with van der Waals surface area (Å²) >= 11 is 0. The van der Waals surface area contributed by atoms with Gasteiger partial charge in [0.1, 0.15) is 5.60 Å². The van der Waals surface area contributed by atoms with Crippen LogP contribution in [-0.4, -0.2) is 41.4 Å². The zero-order valence-corrected chi connectivity index (χ0v) is 17.8. The fourth-order valence-corrected chi connectivity index (χ4v) is 2.53. The van der Waals surface area contributed by atoms with Crippen LogP contribution in [0, 0.1) is 0 Å². The maximum atomic E-state index is 12.0. The lowest BCUT2D eigenvalue weighted by atomic mass is 10.1. The van der Waals surface area contributed by atoms with Crippen LogP contribution in [-0.2, 0) is 18.3 Å². The average Bonchev–Trinajstić information content (AvgIpc) is 2.99. The van der Waals surface area contributed by atoms with Gasteiger partial charge in [0.15, 0.2) is 5.96 Å². The summed E-state index contributed by atoms with van der Waals surface area (Å²) in [6.45, 7) is 11.7. The SMILES string of the molecule is CCCCC(CNC(=O)OC(C)(C)C)NC(=NCc1ccn(C)c1)NCC. The van der Waals surface area contributed by atoms with E-state index < -0.39 is 11.7 Å². The van der Waals surface area contributed by atoms with Crippen molar-refractivity contribution in [3.8, 4) is 0 Å². The number of nitrogens with one attached hydrogen (secondary N) is 3. The first-order valence-corrected chi connectivity index (χ1v) is 9.86. The Morgan fingerprint density at radius 2 is 2.04 bits per heavy atom. The highest BCUT2D eigenvalue weighted by Crippen LogP contribution is 2.07. The van der Waals surface area contributed by atoms with E-state index in [1.165, 1.54) is 0 Å². The van der Waals surface area contributed by atoms with E-state index in [-0.39, 0.29) is 6.04 Å². The fraction of sp³-hybridized carbons (Fsp3) is 0.700. The molecule has 1 amide bonds. The van der Waals surface area contributed by atoms with Crippen LogP contribution in [0.2, 0.25) is 0 Å². The van der Waals surface area contributed by atoms with Gasteiger partial charge in [-0.05, 0) is 45.7 Å². The standard InChI is InChI=1S/C20H37N5O2/c1-7-9-10-17(14-23-19(26)27-20(3,4)5)24-18(21-8-2)22-13-16-11-12-25(6)15-16/h11-12,15,17H,7-10,13-14H2,1-6H3,(H,23,26)(H2,21,22,24). The minimum absolute atomic E-state index is 0.0889. The predicted octanol–water partition coefficient (Wildman–Crippen LogP) is 3.16. The molecule has 1 atom stereocenters. The Labute approximate surface area is 164 Å². The van der Waals surface area contributed by atoms with E-state index in [0.717, 1.165) is 37.3 Å². The monoisotopic (exact) mass is 379 g/mol. The number of amides is 1. The maximum absolute atomic E-state index is 12.0. The molecule has 1 heterocycles. The van der Waals surface area contributed by atoms with Gasteiger partial charge in [-0.2, -0.15) is 0 Å². The lowest BCUT2D eigenvalue weighted by Crippen LogP contribution is -2.49. The molecule has 0 saturated carbocycles. The number of alkyl carbamates (subject to hydrolysis) is 1. The summed E-state index contributed by atoms with van der Waals surface area (Å²) in [6.07, 6.45) is 6.80. The Kier molecular flexibility index (Phi) is 9.75. The Hall–Kier alpha value is -2.18. The molecule has 0 aromatic carbocycles. The van der Waals surface area contributed by atoms with Gasteiger partial charge in [-0.3, -0.25) is 0 Å². The third-order valence-corrected chi connectivity index (χ3v) is 3.80. The second kappa shape index (κ2) is 11.5. The van der Waals surface area contributed by atoms with Crippen LogP contribution < -0.4 is 16.0 Å². The molecule has 0 aliphatic carbocycles. The Morgan fingerprint density at radius 3 is 2.59 bits per heavy atom. The van der Waals surface area contributed by atoms with Crippen molar-refractivity contribution in [2.24, 2.45) is 12.0 Å². The van der Waals surface area contributed by atoms with Crippen LogP contribution in [0.15, 0.2) is 23.5 Å². The average molecular weight is 380 g/mol. The van der Waals surface area contributed by atoms with E-state index in [2.05, 4.69) is 40.1 Å². The second-order valence-electron chi connectivity index (χ2n) is 7.75. The van der Waals surface area contributed by atoms with E-state index in [0.29, 0.717) is 13.1 Å². The molecule has 0 saturated heterocycles. The number of aliphatic imine (C=N–C) groups is 1. The van der Waals surface area contributed by atoms with E-state index in [4.69, 9.17) is 4.74 Å². The minimum Gasteiger partial charge on any atom is -0.444 e. The maximum Gasteiger partial charge on any atom is 0.407 e. The van der Waals surface area contributed by atoms with E-state index in [1.807, 2.05) is 45.5 Å². The molecule has 0 fully saturated rings. The van der Waals surface area contributed by atoms with Crippen molar-refractivity contribution in [1.29, 1.82) is 0 Å². The number of carbonyl (C=O) groups is 1. The van der Waals surface area contributed by atoms with E-state index in [9.17, 15) is 4.79 Å². The number of guanidine groups is 1. The molecule has 0 spiro atoms. The molecular weight excluding hydrogens is 342 g/mol. The third kappa shape index (κ3) is 10.5. The molecule has 1 rings (SSSR count). The van der Waals surface area contributed by atoms with Gasteiger partial charge in [-0.25, -0.2) is 9.79 Å². The van der Waals surface area contributed by atoms with Gasteiger partial charge in [0.25, 0.3) is 0 Å². The molecule has 154 valence electrons. The Bertz CT molecular complexity index is 589. The highest BCUT2D eigenvalue weighted by atomic mass is 16.6. The van der Waals surface area contributed by atoms with Gasteiger partial charge in [0.2, 0.25) is 0 Å². The number of unbranched alkanes of at least 4 members (excludes halogenated alkanes) is 1. The number of carbonyl (C=O) groups excluding carboxylic acids is 1. The van der Waals surface area contributed by atoms with Crippen molar-refractivity contribution < 1.29 is 9.53 Å². The lowest BCUT2D eigenvalue weighted by Gasteiger charge is -2.24. The van der Waals surface area contributed by atoms with E-state index >= 15 is 0 Å². The molecule has 0 radical (unpaired) electrons. The van der Waals surface area contributed by atoms with Crippen molar-refractivity contribution in [3.05, 3.63) is 24.0 Å². The third-order valence-electron chi connectivity index (χ3n) is 3.80. The van der Waals surface area contributed by atoms with Gasteiger partial charge in [-0.15, -0.1) is 0 Å². The summed E-state index contributed by atoms with van der Waals surface area (Å²) in [7, 11) is 2.00. The number of aromatic nitrogens is 1. The number of nitrogens with zero attached hydrogens (tertiary/aromatic N) is 2. The van der Waals surface area contributed by atoms with Crippen LogP contribution in [0.25, 0.3) is 0 Å². The van der Waals surface area contributed by atoms with E-state index in [1.54, 1.807) is 0 Å². The van der Waals surface area contributed by atoms with Crippen molar-refractivity contribution in [2.75, 3.05) is 13.1 Å². The molecule has 1 aromatic heterocycles. The minimum atomic E-state index is -0.498. The van der Waals surface area contributed by atoms with Gasteiger partial charge < -0.3 is 25.3 Å². The van der Waals surface area contributed by atoms with Crippen molar-refractivity contribution in [1.82, 2.24) is 20.5 Å². The first kappa shape index (κ1) is 22.9. The molecule has 7 heteroatoms. The summed E-state index contributed by atoms with van der Waals surface area (Å²) in [5, 5.41) is 9.59. The number of aryl methyl sites for hydroxylation is 1. The largest absolute Gasteiger partial charge is 0.444 e. The van der Waals surface area contributed by atoms with Gasteiger partial charge in [-0.1, -0.05) is 19.8 Å². The number of rotatable bonds is 9. The molecule has 7 nitrogen and oxygen atoms in total. The fourth-order valence-electron chi connectivity index (χ4n) is 2.53. The Morgan fingerprint density at radius 1 is 1.30 bits per heavy atom. The highest BCUT2D eigenvalue weighted by molar-refractivity contribution is 5.80. The smallest absolute Gasteiger partial charge is 0.407 e. The van der Waals surface area contributed by atoms with Gasteiger partial charge in [0, 0.05) is 38.6 Å². The molecule has 27 heavy (non-hydrogen) atoms. The molecular formula is C20H37N5O2. The summed E-state index contributed by atoms with van der Waals surface area (Å²) in [4.78, 5) is 16.6. The van der Waals surface area contributed by atoms with Crippen LogP contribution in [0.3, 0.4) is 0 Å². The molecule has 1 unspecified atom stereocenters. The molecule has 3 N–H and O–H groups in total. The highest BCUT2D eigenvalue weighted by Gasteiger charge is 2.18. The topological polar surface area (TPSA) is 79.7 Å². The first-order valence-electron chi connectivity index (χ1n) is 9.86. The first-order chi connectivity index (χ1) is 12.7. The van der Waals surface area contributed by atoms with Crippen LogP contribution in [0.5, 0.6) is 0 Å². The number of hydrogen-bond acceptors (Lipinski definition) is 3. The van der Waals surface area contributed by atoms with Gasteiger partial charge in [0.05, 0.1) is 6.54 Å². The lowest BCUT2D eigenvalue weighted by molar-refractivity contribution is 0.0523. The van der Waals surface area contributed by atoms with Crippen LogP contribution in [0.1, 0.15) is 59.4 Å². The quantitative estimate of drug-likeness (QED) is 0.455. The van der Waals surface area contributed by atoms with Crippen molar-refractivity contribution in [3.63, 3.8) is 0 Å².